The van der Waals surface area contributed by atoms with Crippen LogP contribution >= 0.6 is 11.3 Å². The average Bonchev–Trinajstić information content (AvgIpc) is 2.84. The van der Waals surface area contributed by atoms with Crippen LogP contribution in [0.1, 0.15) is 17.4 Å². The number of hydrogen-bond acceptors (Lipinski definition) is 5. The quantitative estimate of drug-likeness (QED) is 0.641. The van der Waals surface area contributed by atoms with E-state index in [0.29, 0.717) is 13.1 Å². The molecule has 1 aliphatic heterocycles. The van der Waals surface area contributed by atoms with E-state index in [4.69, 9.17) is 10.5 Å². The second-order valence-electron chi connectivity index (χ2n) is 4.11. The van der Waals surface area contributed by atoms with Crippen molar-refractivity contribution >= 4 is 23.2 Å². The van der Waals surface area contributed by atoms with Crippen LogP contribution in [-0.2, 0) is 27.3 Å². The lowest BCUT2D eigenvalue weighted by molar-refractivity contribution is -0.151. The molecule has 0 saturated carbocycles. The predicted octanol–water partition coefficient (Wildman–Crippen LogP) is 0.523. The number of carbonyl (C=O) groups is 2. The molecule has 1 aromatic rings. The number of hydrogen-bond donors (Lipinski definition) is 1. The third-order valence-corrected chi connectivity index (χ3v) is 3.95. The summed E-state index contributed by atoms with van der Waals surface area (Å²) < 4.78 is 4.76. The Kier molecular flexibility index (Phi) is 3.98. The van der Waals surface area contributed by atoms with Crippen LogP contribution in [0.5, 0.6) is 0 Å². The molecule has 5 nitrogen and oxygen atoms in total. The average molecular weight is 268 g/mol. The van der Waals surface area contributed by atoms with Crippen molar-refractivity contribution in [1.82, 2.24) is 4.90 Å². The lowest BCUT2D eigenvalue weighted by Gasteiger charge is -2.28. The van der Waals surface area contributed by atoms with E-state index in [-0.39, 0.29) is 12.5 Å². The number of carbonyl (C=O) groups excluding carboxylic acids is 2. The standard InChI is InChI=1S/C12H16N2O3S/c1-2-17-12(16)10(13)11(15)14-5-3-9-8(7-14)4-6-18-9/h4,6,10H,2-3,5,7,13H2,1H3. The first-order chi connectivity index (χ1) is 8.63. The lowest BCUT2D eigenvalue weighted by Crippen LogP contribution is -2.50. The summed E-state index contributed by atoms with van der Waals surface area (Å²) in [4.78, 5) is 26.4. The lowest BCUT2D eigenvalue weighted by atomic mass is 10.1. The van der Waals surface area contributed by atoms with Gasteiger partial charge >= 0.3 is 5.97 Å². The third kappa shape index (κ3) is 2.54. The van der Waals surface area contributed by atoms with E-state index in [9.17, 15) is 9.59 Å². The van der Waals surface area contributed by atoms with Crippen molar-refractivity contribution in [3.05, 3.63) is 21.9 Å². The molecule has 98 valence electrons. The minimum absolute atomic E-state index is 0.231. The Balaban J connectivity index is 2.01. The molecule has 0 aliphatic carbocycles. The zero-order valence-electron chi connectivity index (χ0n) is 10.2. The van der Waals surface area contributed by atoms with Gasteiger partial charge in [0.25, 0.3) is 5.91 Å². The molecule has 6 heteroatoms. The molecule has 0 bridgehead atoms. The highest BCUT2D eigenvalue weighted by Gasteiger charge is 2.30. The van der Waals surface area contributed by atoms with Gasteiger partial charge in [0.05, 0.1) is 6.61 Å². The first kappa shape index (κ1) is 13.0. The summed E-state index contributed by atoms with van der Waals surface area (Å²) in [6.45, 7) is 3.06. The maximum Gasteiger partial charge on any atom is 0.332 e. The van der Waals surface area contributed by atoms with E-state index in [0.717, 1.165) is 12.0 Å². The van der Waals surface area contributed by atoms with E-state index in [1.54, 1.807) is 23.2 Å². The van der Waals surface area contributed by atoms with Crippen LogP contribution < -0.4 is 5.73 Å². The predicted molar refractivity (Wildman–Crippen MR) is 68.0 cm³/mol. The molecule has 2 rings (SSSR count). The van der Waals surface area contributed by atoms with Crippen LogP contribution in [-0.4, -0.2) is 36.0 Å². The molecule has 2 N–H and O–H groups in total. The molecule has 0 saturated heterocycles. The molecule has 2 heterocycles. The van der Waals surface area contributed by atoms with Gasteiger partial charge in [-0.15, -0.1) is 11.3 Å². The van der Waals surface area contributed by atoms with E-state index in [1.165, 1.54) is 4.88 Å². The van der Waals surface area contributed by atoms with Gasteiger partial charge in [-0.05, 0) is 30.4 Å². The van der Waals surface area contributed by atoms with Gasteiger partial charge in [0.1, 0.15) is 0 Å². The highest BCUT2D eigenvalue weighted by Crippen LogP contribution is 2.24. The number of ether oxygens (including phenoxy) is 1. The Morgan fingerprint density at radius 3 is 3.11 bits per heavy atom. The fourth-order valence-corrected chi connectivity index (χ4v) is 2.86. The fraction of sp³-hybridized carbons (Fsp3) is 0.500. The number of amides is 1. The Hall–Kier alpha value is -1.40. The van der Waals surface area contributed by atoms with E-state index in [2.05, 4.69) is 0 Å². The van der Waals surface area contributed by atoms with Crippen molar-refractivity contribution in [2.75, 3.05) is 13.2 Å². The zero-order valence-corrected chi connectivity index (χ0v) is 11.0. The Morgan fingerprint density at radius 1 is 1.61 bits per heavy atom. The molecule has 0 aromatic carbocycles. The van der Waals surface area contributed by atoms with Crippen molar-refractivity contribution in [2.45, 2.75) is 25.9 Å². The number of nitrogens with zero attached hydrogens (tertiary/aromatic N) is 1. The molecule has 18 heavy (non-hydrogen) atoms. The summed E-state index contributed by atoms with van der Waals surface area (Å²) >= 11 is 1.70. The van der Waals surface area contributed by atoms with Crippen molar-refractivity contribution in [1.29, 1.82) is 0 Å². The van der Waals surface area contributed by atoms with E-state index in [1.807, 2.05) is 11.4 Å². The van der Waals surface area contributed by atoms with Crippen molar-refractivity contribution in [2.24, 2.45) is 5.73 Å². The van der Waals surface area contributed by atoms with Gasteiger partial charge in [-0.2, -0.15) is 0 Å². The number of thiophene rings is 1. The van der Waals surface area contributed by atoms with Crippen molar-refractivity contribution < 1.29 is 14.3 Å². The SMILES string of the molecule is CCOC(=O)C(N)C(=O)N1CCc2sccc2C1. The summed E-state index contributed by atoms with van der Waals surface area (Å²) in [6.07, 6.45) is 0.828. The van der Waals surface area contributed by atoms with Crippen LogP contribution in [0.15, 0.2) is 11.4 Å². The molecular weight excluding hydrogens is 252 g/mol. The van der Waals surface area contributed by atoms with Gasteiger partial charge in [-0.25, -0.2) is 4.79 Å². The second kappa shape index (κ2) is 5.49. The zero-order chi connectivity index (χ0) is 13.1. The maximum absolute atomic E-state index is 12.0. The first-order valence-corrected chi connectivity index (χ1v) is 6.77. The van der Waals surface area contributed by atoms with Gasteiger partial charge in [0, 0.05) is 18.0 Å². The fourth-order valence-electron chi connectivity index (χ4n) is 1.97. The molecular formula is C12H16N2O3S. The van der Waals surface area contributed by atoms with E-state index >= 15 is 0 Å². The van der Waals surface area contributed by atoms with E-state index < -0.39 is 12.0 Å². The Bertz CT molecular complexity index is 458. The second-order valence-corrected chi connectivity index (χ2v) is 5.11. The molecule has 1 aromatic heterocycles. The van der Waals surface area contributed by atoms with Crippen molar-refractivity contribution in [3.63, 3.8) is 0 Å². The van der Waals surface area contributed by atoms with Gasteiger partial charge < -0.3 is 15.4 Å². The highest BCUT2D eigenvalue weighted by atomic mass is 32.1. The van der Waals surface area contributed by atoms with Gasteiger partial charge in [-0.3, -0.25) is 4.79 Å². The monoisotopic (exact) mass is 268 g/mol. The summed E-state index contributed by atoms with van der Waals surface area (Å²) in [5.74, 6) is -1.01. The molecule has 0 spiro atoms. The summed E-state index contributed by atoms with van der Waals surface area (Å²) in [5.41, 5.74) is 6.76. The van der Waals surface area contributed by atoms with Crippen LogP contribution in [0.3, 0.4) is 0 Å². The number of nitrogens with two attached hydrogens (primary N) is 1. The molecule has 1 amide bonds. The maximum atomic E-state index is 12.0. The summed E-state index contributed by atoms with van der Waals surface area (Å²) in [5, 5.41) is 2.02. The molecule has 1 aliphatic rings. The molecule has 0 radical (unpaired) electrons. The van der Waals surface area contributed by atoms with Gasteiger partial charge in [0.2, 0.25) is 0 Å². The Labute approximate surface area is 110 Å². The number of esters is 1. The molecule has 0 fully saturated rings. The number of rotatable bonds is 3. The van der Waals surface area contributed by atoms with Crippen LogP contribution in [0, 0.1) is 0 Å². The molecule has 1 atom stereocenters. The van der Waals surface area contributed by atoms with Crippen molar-refractivity contribution in [3.8, 4) is 0 Å². The topological polar surface area (TPSA) is 72.6 Å². The minimum atomic E-state index is -1.20. The highest BCUT2D eigenvalue weighted by molar-refractivity contribution is 7.10. The van der Waals surface area contributed by atoms with Crippen LogP contribution in [0.25, 0.3) is 0 Å². The molecule has 1 unspecified atom stereocenters. The van der Waals surface area contributed by atoms with Crippen LogP contribution in [0.2, 0.25) is 0 Å². The first-order valence-electron chi connectivity index (χ1n) is 5.89. The smallest absolute Gasteiger partial charge is 0.332 e. The normalized spacial score (nSPS) is 16.0. The summed E-state index contributed by atoms with van der Waals surface area (Å²) in [6, 6.07) is 0.806. The minimum Gasteiger partial charge on any atom is -0.464 e. The summed E-state index contributed by atoms with van der Waals surface area (Å²) in [7, 11) is 0. The van der Waals surface area contributed by atoms with Gasteiger partial charge in [-0.1, -0.05) is 0 Å². The third-order valence-electron chi connectivity index (χ3n) is 2.93. The van der Waals surface area contributed by atoms with Crippen LogP contribution in [0.4, 0.5) is 0 Å². The van der Waals surface area contributed by atoms with Gasteiger partial charge in [0.15, 0.2) is 6.04 Å². The largest absolute Gasteiger partial charge is 0.464 e. The number of fused-ring (bicyclic) bond motifs is 1. The Morgan fingerprint density at radius 2 is 2.39 bits per heavy atom.